The summed E-state index contributed by atoms with van der Waals surface area (Å²) in [6.45, 7) is 1.51. The standard InChI is InChI=1S/C17H18N4O5/c1-11(16(24)20-13-5-2-4-12(8-13)9-18)26-15(23)6-3-7-21-14(22)10-19-17(21)25/h2,4-5,8,11H,3,6-7,10H2,1H3,(H,19,25)(H,20,24)/t11-/m1/s1. The van der Waals surface area contributed by atoms with Crippen molar-refractivity contribution in [3.63, 3.8) is 0 Å². The molecule has 1 aromatic rings. The van der Waals surface area contributed by atoms with Crippen molar-refractivity contribution in [1.29, 1.82) is 5.26 Å². The number of esters is 1. The van der Waals surface area contributed by atoms with Crippen LogP contribution in [0.15, 0.2) is 24.3 Å². The Kier molecular flexibility index (Phi) is 6.27. The van der Waals surface area contributed by atoms with Crippen LogP contribution in [-0.2, 0) is 19.1 Å². The Labute approximate surface area is 149 Å². The molecule has 0 aromatic heterocycles. The maximum atomic E-state index is 12.0. The van der Waals surface area contributed by atoms with Crippen LogP contribution in [0.25, 0.3) is 0 Å². The molecule has 1 heterocycles. The van der Waals surface area contributed by atoms with Gasteiger partial charge in [-0.1, -0.05) is 6.07 Å². The van der Waals surface area contributed by atoms with E-state index in [1.807, 2.05) is 6.07 Å². The number of benzene rings is 1. The molecule has 0 aliphatic carbocycles. The molecule has 1 saturated heterocycles. The molecule has 2 N–H and O–H groups in total. The van der Waals surface area contributed by atoms with Crippen LogP contribution in [-0.4, -0.2) is 47.9 Å². The van der Waals surface area contributed by atoms with E-state index in [2.05, 4.69) is 10.6 Å². The van der Waals surface area contributed by atoms with Crippen LogP contribution in [0.4, 0.5) is 10.5 Å². The van der Waals surface area contributed by atoms with Crippen LogP contribution in [0, 0.1) is 11.3 Å². The Balaban J connectivity index is 1.75. The van der Waals surface area contributed by atoms with Crippen molar-refractivity contribution in [3.8, 4) is 6.07 Å². The highest BCUT2D eigenvalue weighted by atomic mass is 16.5. The third-order valence-electron chi connectivity index (χ3n) is 3.64. The Morgan fingerprint density at radius 3 is 2.85 bits per heavy atom. The van der Waals surface area contributed by atoms with E-state index in [0.29, 0.717) is 11.3 Å². The van der Waals surface area contributed by atoms with Crippen LogP contribution in [0.1, 0.15) is 25.3 Å². The Morgan fingerprint density at radius 1 is 1.42 bits per heavy atom. The second-order valence-electron chi connectivity index (χ2n) is 5.62. The van der Waals surface area contributed by atoms with E-state index in [1.165, 1.54) is 13.0 Å². The molecule has 0 radical (unpaired) electrons. The van der Waals surface area contributed by atoms with Gasteiger partial charge in [0.25, 0.3) is 5.91 Å². The van der Waals surface area contributed by atoms with Crippen LogP contribution >= 0.6 is 0 Å². The zero-order valence-electron chi connectivity index (χ0n) is 14.2. The number of hydrogen-bond donors (Lipinski definition) is 2. The van der Waals surface area contributed by atoms with Gasteiger partial charge >= 0.3 is 12.0 Å². The minimum Gasteiger partial charge on any atom is -0.453 e. The highest BCUT2D eigenvalue weighted by molar-refractivity contribution is 6.02. The highest BCUT2D eigenvalue weighted by Gasteiger charge is 2.28. The van der Waals surface area contributed by atoms with Crippen LogP contribution in [0.5, 0.6) is 0 Å². The van der Waals surface area contributed by atoms with Crippen molar-refractivity contribution >= 4 is 29.5 Å². The minimum atomic E-state index is -1.02. The lowest BCUT2D eigenvalue weighted by molar-refractivity contribution is -0.153. The first-order valence-corrected chi connectivity index (χ1v) is 7.99. The molecule has 9 nitrogen and oxygen atoms in total. The predicted molar refractivity (Wildman–Crippen MR) is 89.7 cm³/mol. The monoisotopic (exact) mass is 358 g/mol. The van der Waals surface area contributed by atoms with Gasteiger partial charge in [0.2, 0.25) is 5.91 Å². The first-order chi connectivity index (χ1) is 12.4. The maximum Gasteiger partial charge on any atom is 0.324 e. The van der Waals surface area contributed by atoms with E-state index in [9.17, 15) is 19.2 Å². The molecule has 26 heavy (non-hydrogen) atoms. The Morgan fingerprint density at radius 2 is 2.19 bits per heavy atom. The summed E-state index contributed by atoms with van der Waals surface area (Å²) in [6, 6.07) is 7.83. The number of imide groups is 1. The first kappa shape index (κ1) is 18.9. The summed E-state index contributed by atoms with van der Waals surface area (Å²) in [5, 5.41) is 13.8. The summed E-state index contributed by atoms with van der Waals surface area (Å²) in [5.41, 5.74) is 0.823. The second kappa shape index (κ2) is 8.62. The number of rotatable bonds is 7. The van der Waals surface area contributed by atoms with Crippen LogP contribution in [0.3, 0.4) is 0 Å². The van der Waals surface area contributed by atoms with Crippen molar-refractivity contribution < 1.29 is 23.9 Å². The number of hydrogen-bond acceptors (Lipinski definition) is 6. The molecule has 136 valence electrons. The van der Waals surface area contributed by atoms with Gasteiger partial charge in [0.1, 0.15) is 0 Å². The van der Waals surface area contributed by atoms with Crippen molar-refractivity contribution in [2.75, 3.05) is 18.4 Å². The SMILES string of the molecule is C[C@@H](OC(=O)CCCN1C(=O)CNC1=O)C(=O)Nc1cccc(C#N)c1. The van der Waals surface area contributed by atoms with Gasteiger partial charge in [-0.05, 0) is 31.5 Å². The van der Waals surface area contributed by atoms with E-state index >= 15 is 0 Å². The van der Waals surface area contributed by atoms with Gasteiger partial charge in [0, 0.05) is 18.7 Å². The third kappa shape index (κ3) is 5.04. The molecular weight excluding hydrogens is 340 g/mol. The molecule has 1 aliphatic rings. The van der Waals surface area contributed by atoms with E-state index in [4.69, 9.17) is 10.00 Å². The largest absolute Gasteiger partial charge is 0.453 e. The number of nitrogens with zero attached hydrogens (tertiary/aromatic N) is 2. The fraction of sp³-hybridized carbons (Fsp3) is 0.353. The summed E-state index contributed by atoms with van der Waals surface area (Å²) in [6.07, 6.45) is -0.806. The van der Waals surface area contributed by atoms with Crippen molar-refractivity contribution in [3.05, 3.63) is 29.8 Å². The Hall–Kier alpha value is -3.41. The van der Waals surface area contributed by atoms with Crippen LogP contribution < -0.4 is 10.6 Å². The van der Waals surface area contributed by atoms with Crippen molar-refractivity contribution in [1.82, 2.24) is 10.2 Å². The summed E-state index contributed by atoms with van der Waals surface area (Å²) in [7, 11) is 0. The van der Waals surface area contributed by atoms with Gasteiger partial charge in [0.15, 0.2) is 6.10 Å². The lowest BCUT2D eigenvalue weighted by Crippen LogP contribution is -2.33. The maximum absolute atomic E-state index is 12.0. The minimum absolute atomic E-state index is 0.0292. The van der Waals surface area contributed by atoms with Gasteiger partial charge in [-0.25, -0.2) is 4.79 Å². The summed E-state index contributed by atoms with van der Waals surface area (Å²) in [5.74, 6) is -1.47. The molecule has 1 fully saturated rings. The van der Waals surface area contributed by atoms with E-state index < -0.39 is 24.0 Å². The number of anilines is 1. The smallest absolute Gasteiger partial charge is 0.324 e. The van der Waals surface area contributed by atoms with E-state index in [-0.39, 0.29) is 31.8 Å². The summed E-state index contributed by atoms with van der Waals surface area (Å²) in [4.78, 5) is 47.6. The summed E-state index contributed by atoms with van der Waals surface area (Å²) >= 11 is 0. The zero-order chi connectivity index (χ0) is 19.1. The molecule has 0 saturated carbocycles. The number of amides is 4. The molecule has 1 aromatic carbocycles. The van der Waals surface area contributed by atoms with Gasteiger partial charge in [0.05, 0.1) is 18.2 Å². The average Bonchev–Trinajstić information content (AvgIpc) is 2.93. The van der Waals surface area contributed by atoms with Gasteiger partial charge in [-0.3, -0.25) is 19.3 Å². The number of nitriles is 1. The van der Waals surface area contributed by atoms with Gasteiger partial charge < -0.3 is 15.4 Å². The fourth-order valence-electron chi connectivity index (χ4n) is 2.28. The number of nitrogens with one attached hydrogen (secondary N) is 2. The van der Waals surface area contributed by atoms with E-state index in [0.717, 1.165) is 4.90 Å². The molecule has 0 unspecified atom stereocenters. The molecule has 1 aliphatic heterocycles. The predicted octanol–water partition coefficient (Wildman–Crippen LogP) is 0.760. The number of carbonyl (C=O) groups excluding carboxylic acids is 4. The third-order valence-corrected chi connectivity index (χ3v) is 3.64. The first-order valence-electron chi connectivity index (χ1n) is 7.99. The fourth-order valence-corrected chi connectivity index (χ4v) is 2.28. The van der Waals surface area contributed by atoms with Gasteiger partial charge in [-0.15, -0.1) is 0 Å². The van der Waals surface area contributed by atoms with E-state index in [1.54, 1.807) is 18.2 Å². The molecule has 2 rings (SSSR count). The number of carbonyl (C=O) groups is 4. The quantitative estimate of drug-likeness (QED) is 0.547. The lowest BCUT2D eigenvalue weighted by atomic mass is 10.2. The Bertz CT molecular complexity index is 755. The van der Waals surface area contributed by atoms with Crippen molar-refractivity contribution in [2.45, 2.75) is 25.9 Å². The van der Waals surface area contributed by atoms with Crippen molar-refractivity contribution in [2.24, 2.45) is 0 Å². The van der Waals surface area contributed by atoms with Crippen LogP contribution in [0.2, 0.25) is 0 Å². The normalized spacial score (nSPS) is 14.4. The summed E-state index contributed by atoms with van der Waals surface area (Å²) < 4.78 is 5.04. The van der Waals surface area contributed by atoms with Gasteiger partial charge in [-0.2, -0.15) is 5.26 Å². The molecule has 1 atom stereocenters. The zero-order valence-corrected chi connectivity index (χ0v) is 14.2. The molecular formula is C17H18N4O5. The lowest BCUT2D eigenvalue weighted by Gasteiger charge is -2.15. The number of ether oxygens (including phenoxy) is 1. The molecule has 9 heteroatoms. The topological polar surface area (TPSA) is 129 Å². The average molecular weight is 358 g/mol. The molecule has 0 bridgehead atoms. The highest BCUT2D eigenvalue weighted by Crippen LogP contribution is 2.11. The second-order valence-corrected chi connectivity index (χ2v) is 5.62. The molecule has 0 spiro atoms. The number of urea groups is 1. The molecule has 4 amide bonds.